The number of nitrogens with zero attached hydrogens (tertiary/aromatic N) is 1. The molecule has 0 spiro atoms. The molecule has 0 aromatic carbocycles. The van der Waals surface area contributed by atoms with Crippen LogP contribution in [0.15, 0.2) is 0 Å². The van der Waals surface area contributed by atoms with Crippen molar-refractivity contribution in [2.45, 2.75) is 18.4 Å². The van der Waals surface area contributed by atoms with E-state index in [-0.39, 0.29) is 30.4 Å². The number of hydrogen-bond donors (Lipinski definition) is 1. The van der Waals surface area contributed by atoms with Gasteiger partial charge in [-0.15, -0.1) is 24.8 Å². The highest BCUT2D eigenvalue weighted by Gasteiger charge is 2.38. The predicted molar refractivity (Wildman–Crippen MR) is 49.2 cm³/mol. The molecule has 0 radical (unpaired) electrons. The van der Waals surface area contributed by atoms with Gasteiger partial charge in [0.2, 0.25) is 0 Å². The van der Waals surface area contributed by atoms with Gasteiger partial charge in [-0.2, -0.15) is 0 Å². The Morgan fingerprint density at radius 3 is 1.80 bits per heavy atom. The maximum atomic E-state index is 5.81. The second kappa shape index (κ2) is 4.39. The van der Waals surface area contributed by atoms with Crippen LogP contribution in [0.1, 0.15) is 12.8 Å². The minimum Gasteiger partial charge on any atom is -0.324 e. The molecule has 0 saturated heterocycles. The van der Waals surface area contributed by atoms with Gasteiger partial charge >= 0.3 is 0 Å². The van der Waals surface area contributed by atoms with Crippen molar-refractivity contribution in [2.75, 3.05) is 20.6 Å². The Balaban J connectivity index is 0. The van der Waals surface area contributed by atoms with E-state index in [4.69, 9.17) is 5.73 Å². The Morgan fingerprint density at radius 1 is 1.30 bits per heavy atom. The second-order valence-electron chi connectivity index (χ2n) is 3.10. The second-order valence-corrected chi connectivity index (χ2v) is 3.10. The van der Waals surface area contributed by atoms with Gasteiger partial charge in [0.1, 0.15) is 0 Å². The summed E-state index contributed by atoms with van der Waals surface area (Å²) in [6.45, 7) is 1.05. The molecule has 2 N–H and O–H groups in total. The summed E-state index contributed by atoms with van der Waals surface area (Å²) in [5, 5.41) is 0. The van der Waals surface area contributed by atoms with Crippen molar-refractivity contribution in [3.63, 3.8) is 0 Å². The Hall–Kier alpha value is 0.500. The Kier molecular flexibility index (Phi) is 5.76. The first-order valence-corrected chi connectivity index (χ1v) is 3.06. The quantitative estimate of drug-likeness (QED) is 0.695. The molecule has 0 heterocycles. The highest BCUT2D eigenvalue weighted by molar-refractivity contribution is 5.85. The van der Waals surface area contributed by atoms with Crippen LogP contribution in [0, 0.1) is 0 Å². The van der Waals surface area contributed by atoms with Gasteiger partial charge in [0, 0.05) is 12.1 Å². The molecule has 1 rings (SSSR count). The molecule has 4 heteroatoms. The summed E-state index contributed by atoms with van der Waals surface area (Å²) in [5.74, 6) is 0. The van der Waals surface area contributed by atoms with Crippen molar-refractivity contribution in [2.24, 2.45) is 5.73 Å². The zero-order chi connectivity index (χ0) is 6.20. The Morgan fingerprint density at radius 2 is 1.70 bits per heavy atom. The smallest absolute Gasteiger partial charge is 0.0284 e. The van der Waals surface area contributed by atoms with E-state index in [1.807, 2.05) is 0 Å². The molecule has 0 aromatic heterocycles. The lowest BCUT2D eigenvalue weighted by Gasteiger charge is -2.14. The van der Waals surface area contributed by atoms with E-state index < -0.39 is 0 Å². The van der Waals surface area contributed by atoms with Crippen molar-refractivity contribution < 1.29 is 0 Å². The van der Waals surface area contributed by atoms with E-state index in [9.17, 15) is 0 Å². The fourth-order valence-electron chi connectivity index (χ4n) is 0.948. The fourth-order valence-corrected chi connectivity index (χ4v) is 0.948. The Bertz CT molecular complexity index is 91.7. The largest absolute Gasteiger partial charge is 0.324 e. The lowest BCUT2D eigenvalue weighted by Crippen LogP contribution is -2.34. The van der Waals surface area contributed by atoms with Crippen molar-refractivity contribution in [1.29, 1.82) is 0 Å². The third-order valence-corrected chi connectivity index (χ3v) is 1.52. The molecule has 2 nitrogen and oxygen atoms in total. The van der Waals surface area contributed by atoms with E-state index >= 15 is 0 Å². The van der Waals surface area contributed by atoms with Crippen LogP contribution in [0.3, 0.4) is 0 Å². The van der Waals surface area contributed by atoms with Crippen LogP contribution in [0.2, 0.25) is 0 Å². The van der Waals surface area contributed by atoms with Crippen LogP contribution in [0.25, 0.3) is 0 Å². The highest BCUT2D eigenvalue weighted by Crippen LogP contribution is 2.32. The summed E-state index contributed by atoms with van der Waals surface area (Å²) >= 11 is 0. The summed E-state index contributed by atoms with van der Waals surface area (Å²) in [4.78, 5) is 2.15. The monoisotopic (exact) mass is 186 g/mol. The van der Waals surface area contributed by atoms with Crippen LogP contribution in [-0.2, 0) is 0 Å². The highest BCUT2D eigenvalue weighted by atomic mass is 35.5. The minimum absolute atomic E-state index is 0. The molecule has 0 aliphatic heterocycles. The third kappa shape index (κ3) is 4.34. The van der Waals surface area contributed by atoms with Crippen molar-refractivity contribution in [1.82, 2.24) is 4.90 Å². The van der Waals surface area contributed by atoms with E-state index in [0.29, 0.717) is 0 Å². The molecule has 64 valence electrons. The number of rotatable bonds is 2. The van der Waals surface area contributed by atoms with Gasteiger partial charge in [-0.1, -0.05) is 0 Å². The van der Waals surface area contributed by atoms with Gasteiger partial charge in [0.15, 0.2) is 0 Å². The van der Waals surface area contributed by atoms with Gasteiger partial charge in [-0.25, -0.2) is 0 Å². The van der Waals surface area contributed by atoms with E-state index in [0.717, 1.165) is 6.54 Å². The molecule has 0 unspecified atom stereocenters. The molecule has 1 saturated carbocycles. The molecule has 0 atom stereocenters. The van der Waals surface area contributed by atoms with Gasteiger partial charge in [0.05, 0.1) is 0 Å². The molecule has 0 bridgehead atoms. The summed E-state index contributed by atoms with van der Waals surface area (Å²) < 4.78 is 0. The van der Waals surface area contributed by atoms with E-state index in [1.165, 1.54) is 12.8 Å². The zero-order valence-electron chi connectivity index (χ0n) is 6.46. The third-order valence-electron chi connectivity index (χ3n) is 1.52. The lowest BCUT2D eigenvalue weighted by atomic mass is 10.3. The topological polar surface area (TPSA) is 29.3 Å². The predicted octanol–water partition coefficient (Wildman–Crippen LogP) is 0.883. The average Bonchev–Trinajstić information content (AvgIpc) is 2.17. The fraction of sp³-hybridized carbons (Fsp3) is 1.00. The van der Waals surface area contributed by atoms with E-state index in [1.54, 1.807) is 0 Å². The van der Waals surface area contributed by atoms with E-state index in [2.05, 4.69) is 19.0 Å². The summed E-state index contributed by atoms with van der Waals surface area (Å²) in [5.41, 5.74) is 6.00. The van der Waals surface area contributed by atoms with Gasteiger partial charge in [0.25, 0.3) is 0 Å². The number of nitrogens with two attached hydrogens (primary N) is 1. The average molecular weight is 187 g/mol. The standard InChI is InChI=1S/C6H14N2.2ClH/c1-8(2)5-6(7)3-4-6;;/h3-5,7H2,1-2H3;2*1H. The van der Waals surface area contributed by atoms with Gasteiger partial charge < -0.3 is 10.6 Å². The first-order chi connectivity index (χ1) is 3.62. The first kappa shape index (κ1) is 13.1. The summed E-state index contributed by atoms with van der Waals surface area (Å²) in [6.07, 6.45) is 2.43. The van der Waals surface area contributed by atoms with Gasteiger partial charge in [-0.3, -0.25) is 0 Å². The van der Waals surface area contributed by atoms with Crippen LogP contribution in [0.4, 0.5) is 0 Å². The molecular formula is C6H16Cl2N2. The van der Waals surface area contributed by atoms with Crippen LogP contribution in [-0.4, -0.2) is 31.1 Å². The number of halogens is 2. The molecule has 1 fully saturated rings. The molecule has 0 aromatic rings. The van der Waals surface area contributed by atoms with Crippen molar-refractivity contribution in [3.05, 3.63) is 0 Å². The maximum Gasteiger partial charge on any atom is 0.0284 e. The van der Waals surface area contributed by atoms with Gasteiger partial charge in [-0.05, 0) is 26.9 Å². The Labute approximate surface area is 75.0 Å². The van der Waals surface area contributed by atoms with Crippen molar-refractivity contribution in [3.8, 4) is 0 Å². The van der Waals surface area contributed by atoms with Crippen LogP contribution < -0.4 is 5.73 Å². The normalized spacial score (nSPS) is 19.2. The molecule has 0 amide bonds. The minimum atomic E-state index is 0. The SMILES string of the molecule is CN(C)CC1(N)CC1.Cl.Cl. The first-order valence-electron chi connectivity index (χ1n) is 3.06. The zero-order valence-corrected chi connectivity index (χ0v) is 8.10. The van der Waals surface area contributed by atoms with Crippen LogP contribution in [0.5, 0.6) is 0 Å². The number of likely N-dealkylation sites (N-methyl/N-ethyl adjacent to an activating group) is 1. The van der Waals surface area contributed by atoms with Crippen LogP contribution >= 0.6 is 24.8 Å². The molecule has 10 heavy (non-hydrogen) atoms. The van der Waals surface area contributed by atoms with Crippen molar-refractivity contribution >= 4 is 24.8 Å². The maximum absolute atomic E-state index is 5.81. The molecule has 1 aliphatic rings. The summed E-state index contributed by atoms with van der Waals surface area (Å²) in [7, 11) is 4.12. The lowest BCUT2D eigenvalue weighted by molar-refractivity contribution is 0.363. The molecular weight excluding hydrogens is 171 g/mol. The summed E-state index contributed by atoms with van der Waals surface area (Å²) in [6, 6.07) is 0. The molecule has 1 aliphatic carbocycles. The number of hydrogen-bond acceptors (Lipinski definition) is 2.